The summed E-state index contributed by atoms with van der Waals surface area (Å²) in [5, 5.41) is 18.2. The molecule has 0 amide bonds. The van der Waals surface area contributed by atoms with E-state index in [1.807, 2.05) is 0 Å². The first-order valence-electron chi connectivity index (χ1n) is 6.79. The number of carboxylic acid groups (broad SMARTS) is 1. The van der Waals surface area contributed by atoms with Crippen molar-refractivity contribution in [2.75, 3.05) is 13.2 Å². The zero-order valence-electron chi connectivity index (χ0n) is 11.7. The lowest BCUT2D eigenvalue weighted by atomic mass is 9.97. The number of carboxylic acids is 1. The lowest BCUT2D eigenvalue weighted by Gasteiger charge is -2.17. The molecule has 1 saturated carbocycles. The second-order valence-electron chi connectivity index (χ2n) is 5.32. The van der Waals surface area contributed by atoms with Gasteiger partial charge in [0, 0.05) is 18.0 Å². The van der Waals surface area contributed by atoms with Crippen LogP contribution in [0.5, 0.6) is 0 Å². The van der Waals surface area contributed by atoms with Gasteiger partial charge in [-0.05, 0) is 37.7 Å². The van der Waals surface area contributed by atoms with Crippen molar-refractivity contribution in [2.45, 2.75) is 31.1 Å². The van der Waals surface area contributed by atoms with Crippen LogP contribution < -0.4 is 4.72 Å². The van der Waals surface area contributed by atoms with E-state index in [0.29, 0.717) is 4.88 Å². The van der Waals surface area contributed by atoms with Crippen molar-refractivity contribution in [3.8, 4) is 0 Å². The molecule has 1 aliphatic carbocycles. The van der Waals surface area contributed by atoms with E-state index in [1.54, 1.807) is 6.92 Å². The third-order valence-corrected chi connectivity index (χ3v) is 6.68. The van der Waals surface area contributed by atoms with Gasteiger partial charge in [0.2, 0.25) is 10.0 Å². The fourth-order valence-corrected chi connectivity index (χ4v) is 5.28. The van der Waals surface area contributed by atoms with Crippen LogP contribution >= 0.6 is 11.3 Å². The van der Waals surface area contributed by atoms with Gasteiger partial charge in [-0.3, -0.25) is 0 Å². The number of hydrogen-bond donors (Lipinski definition) is 3. The highest BCUT2D eigenvalue weighted by molar-refractivity contribution is 7.89. The summed E-state index contributed by atoms with van der Waals surface area (Å²) in [6, 6.07) is 1.20. The highest BCUT2D eigenvalue weighted by Crippen LogP contribution is 2.31. The maximum absolute atomic E-state index is 12.3. The standard InChI is InChI=1S/C13H19NO5S2/c1-8-12(5-11(20-8)13(16)17)21(18,19)14-6-9-3-2-4-10(9)7-15/h5,9-10,14-15H,2-4,6-7H2,1H3,(H,16,17). The van der Waals surface area contributed by atoms with E-state index in [2.05, 4.69) is 4.72 Å². The number of rotatable bonds is 6. The molecule has 1 fully saturated rings. The van der Waals surface area contributed by atoms with Gasteiger partial charge >= 0.3 is 5.97 Å². The van der Waals surface area contributed by atoms with Crippen LogP contribution in [0.15, 0.2) is 11.0 Å². The maximum atomic E-state index is 12.3. The summed E-state index contributed by atoms with van der Waals surface area (Å²) < 4.78 is 27.1. The number of carbonyl (C=O) groups is 1. The second-order valence-corrected chi connectivity index (χ2v) is 8.31. The van der Waals surface area contributed by atoms with Crippen LogP contribution in [-0.2, 0) is 10.0 Å². The summed E-state index contributed by atoms with van der Waals surface area (Å²) in [5.74, 6) is -0.839. The van der Waals surface area contributed by atoms with Crippen LogP contribution in [0.1, 0.15) is 33.8 Å². The lowest BCUT2D eigenvalue weighted by Crippen LogP contribution is -2.31. The Morgan fingerprint density at radius 3 is 2.67 bits per heavy atom. The van der Waals surface area contributed by atoms with E-state index in [9.17, 15) is 18.3 Å². The quantitative estimate of drug-likeness (QED) is 0.731. The van der Waals surface area contributed by atoms with Crippen LogP contribution in [0.2, 0.25) is 0 Å². The fourth-order valence-electron chi connectivity index (χ4n) is 2.75. The summed E-state index contributed by atoms with van der Waals surface area (Å²) in [5.41, 5.74) is 0. The fraction of sp³-hybridized carbons (Fsp3) is 0.615. The highest BCUT2D eigenvalue weighted by Gasteiger charge is 2.29. The Morgan fingerprint density at radius 1 is 1.43 bits per heavy atom. The predicted octanol–water partition coefficient (Wildman–Crippen LogP) is 1.44. The van der Waals surface area contributed by atoms with Crippen LogP contribution in [-0.4, -0.2) is 37.8 Å². The summed E-state index contributed by atoms with van der Waals surface area (Å²) in [4.78, 5) is 11.4. The van der Waals surface area contributed by atoms with Gasteiger partial charge in [-0.2, -0.15) is 0 Å². The number of aliphatic hydroxyl groups excluding tert-OH is 1. The van der Waals surface area contributed by atoms with Crippen molar-refractivity contribution in [1.29, 1.82) is 0 Å². The van der Waals surface area contributed by atoms with E-state index in [1.165, 1.54) is 6.07 Å². The molecule has 0 bridgehead atoms. The average Bonchev–Trinajstić information content (AvgIpc) is 3.02. The molecule has 21 heavy (non-hydrogen) atoms. The van der Waals surface area contributed by atoms with E-state index < -0.39 is 16.0 Å². The molecule has 8 heteroatoms. The van der Waals surface area contributed by atoms with Gasteiger partial charge in [0.1, 0.15) is 4.88 Å². The highest BCUT2D eigenvalue weighted by atomic mass is 32.2. The Hall–Kier alpha value is -0.960. The maximum Gasteiger partial charge on any atom is 0.345 e. The van der Waals surface area contributed by atoms with Gasteiger partial charge in [0.05, 0.1) is 4.90 Å². The molecule has 2 atom stereocenters. The minimum absolute atomic E-state index is 0.0157. The number of nitrogens with one attached hydrogen (secondary N) is 1. The van der Waals surface area contributed by atoms with Gasteiger partial charge in [-0.15, -0.1) is 11.3 Å². The first-order chi connectivity index (χ1) is 9.85. The molecule has 0 spiro atoms. The lowest BCUT2D eigenvalue weighted by molar-refractivity contribution is 0.0702. The Bertz CT molecular complexity index is 623. The molecule has 0 aromatic carbocycles. The summed E-state index contributed by atoms with van der Waals surface area (Å²) in [6.07, 6.45) is 2.82. The van der Waals surface area contributed by atoms with Crippen LogP contribution in [0.25, 0.3) is 0 Å². The Balaban J connectivity index is 2.10. The number of hydrogen-bond acceptors (Lipinski definition) is 5. The van der Waals surface area contributed by atoms with Crippen molar-refractivity contribution in [3.63, 3.8) is 0 Å². The number of aliphatic hydroxyl groups is 1. The number of aromatic carboxylic acids is 1. The van der Waals surface area contributed by atoms with Crippen LogP contribution in [0.4, 0.5) is 0 Å². The molecule has 2 unspecified atom stereocenters. The normalized spacial score (nSPS) is 22.6. The zero-order valence-corrected chi connectivity index (χ0v) is 13.3. The molecule has 0 aliphatic heterocycles. The Morgan fingerprint density at radius 2 is 2.10 bits per heavy atom. The molecule has 0 radical (unpaired) electrons. The van der Waals surface area contributed by atoms with Gasteiger partial charge in [-0.25, -0.2) is 17.9 Å². The molecular formula is C13H19NO5S2. The monoisotopic (exact) mass is 333 g/mol. The molecule has 3 N–H and O–H groups in total. The van der Waals surface area contributed by atoms with Crippen molar-refractivity contribution in [3.05, 3.63) is 15.8 Å². The van der Waals surface area contributed by atoms with Crippen LogP contribution in [0.3, 0.4) is 0 Å². The summed E-state index contributed by atoms with van der Waals surface area (Å²) >= 11 is 0.954. The van der Waals surface area contributed by atoms with Crippen LogP contribution in [0, 0.1) is 18.8 Å². The van der Waals surface area contributed by atoms with Crippen molar-refractivity contribution >= 4 is 27.3 Å². The first kappa shape index (κ1) is 16.4. The van der Waals surface area contributed by atoms with E-state index in [4.69, 9.17) is 5.11 Å². The van der Waals surface area contributed by atoms with Gasteiger partial charge < -0.3 is 10.2 Å². The van der Waals surface area contributed by atoms with Crippen molar-refractivity contribution < 1.29 is 23.4 Å². The van der Waals surface area contributed by atoms with E-state index in [-0.39, 0.29) is 34.8 Å². The Labute approximate surface area is 127 Å². The van der Waals surface area contributed by atoms with Crippen molar-refractivity contribution in [2.24, 2.45) is 11.8 Å². The van der Waals surface area contributed by atoms with E-state index in [0.717, 1.165) is 30.6 Å². The molecule has 0 saturated heterocycles. The SMILES string of the molecule is Cc1sc(C(=O)O)cc1S(=O)(=O)NCC1CCCC1CO. The minimum atomic E-state index is -3.71. The molecule has 1 aromatic heterocycles. The number of aryl methyl sites for hydroxylation is 1. The van der Waals surface area contributed by atoms with Gasteiger partial charge in [-0.1, -0.05) is 6.42 Å². The third kappa shape index (κ3) is 3.63. The predicted molar refractivity (Wildman–Crippen MR) is 79.1 cm³/mol. The van der Waals surface area contributed by atoms with Crippen molar-refractivity contribution in [1.82, 2.24) is 4.72 Å². The number of sulfonamides is 1. The molecule has 118 valence electrons. The van der Waals surface area contributed by atoms with E-state index >= 15 is 0 Å². The van der Waals surface area contributed by atoms with Gasteiger partial charge in [0.25, 0.3) is 0 Å². The number of thiophene rings is 1. The largest absolute Gasteiger partial charge is 0.477 e. The molecule has 1 aliphatic rings. The molecule has 6 nitrogen and oxygen atoms in total. The average molecular weight is 333 g/mol. The third-order valence-electron chi connectivity index (χ3n) is 3.96. The molecule has 1 aromatic rings. The molecule has 1 heterocycles. The Kier molecular flexibility index (Phi) is 5.03. The molecular weight excluding hydrogens is 314 g/mol. The van der Waals surface area contributed by atoms with Gasteiger partial charge in [0.15, 0.2) is 0 Å². The summed E-state index contributed by atoms with van der Waals surface area (Å²) in [7, 11) is -3.71. The zero-order chi connectivity index (χ0) is 15.6. The topological polar surface area (TPSA) is 104 Å². The minimum Gasteiger partial charge on any atom is -0.477 e. The second kappa shape index (κ2) is 6.43. The smallest absolute Gasteiger partial charge is 0.345 e. The first-order valence-corrected chi connectivity index (χ1v) is 9.09. The summed E-state index contributed by atoms with van der Waals surface area (Å²) in [6.45, 7) is 1.95. The molecule has 2 rings (SSSR count).